The number of carbonyl (C=O) groups excluding carboxylic acids is 1. The summed E-state index contributed by atoms with van der Waals surface area (Å²) in [6.07, 6.45) is 0. The Bertz CT molecular complexity index is 395. The maximum Gasteiger partial charge on any atom is 0.278 e. The Kier molecular flexibility index (Phi) is 3.59. The van der Waals surface area contributed by atoms with Gasteiger partial charge in [-0.05, 0) is 24.4 Å². The molecule has 1 aromatic carbocycles. The molecule has 0 aliphatic heterocycles. The molecule has 0 aromatic heterocycles. The van der Waals surface area contributed by atoms with E-state index >= 15 is 0 Å². The van der Waals surface area contributed by atoms with Crippen LogP contribution in [-0.2, 0) is 0 Å². The van der Waals surface area contributed by atoms with Crippen LogP contribution in [0.1, 0.15) is 10.4 Å². The summed E-state index contributed by atoms with van der Waals surface area (Å²) in [5, 5.41) is 0.513. The molecule has 0 unspecified atom stereocenters. The van der Waals surface area contributed by atoms with Gasteiger partial charge in [0.25, 0.3) is 5.91 Å². The minimum atomic E-state index is -0.500. The summed E-state index contributed by atoms with van der Waals surface area (Å²) in [7, 11) is 1.47. The van der Waals surface area contributed by atoms with Gasteiger partial charge in [-0.1, -0.05) is 12.1 Å². The molecule has 80 valence electrons. The van der Waals surface area contributed by atoms with Gasteiger partial charge in [0.15, 0.2) is 5.11 Å². The molecule has 5 nitrogen and oxygen atoms in total. The predicted octanol–water partition coefficient (Wildman–Crippen LogP) is 0.255. The molecular weight excluding hydrogens is 214 g/mol. The first-order valence-corrected chi connectivity index (χ1v) is 4.50. The summed E-state index contributed by atoms with van der Waals surface area (Å²) in [6.45, 7) is 0. The summed E-state index contributed by atoms with van der Waals surface area (Å²) >= 11 is 4.59. The standard InChI is InChI=1S/C9H11N3O2S/c1-14-7-5-3-2-4-6(7)8(13)12(11)9(10)15/h2-5H,11H2,1H3,(H2,10,15). The number of hydrogen-bond donors (Lipinski definition) is 2. The van der Waals surface area contributed by atoms with Gasteiger partial charge in [0.1, 0.15) is 5.75 Å². The molecule has 1 amide bonds. The summed E-state index contributed by atoms with van der Waals surface area (Å²) in [5.41, 5.74) is 5.55. The van der Waals surface area contributed by atoms with Crippen LogP contribution in [0.5, 0.6) is 5.75 Å². The molecular formula is C9H11N3O2S. The number of thiocarbonyl (C=S) groups is 1. The van der Waals surface area contributed by atoms with Crippen LogP contribution in [0.25, 0.3) is 0 Å². The average molecular weight is 225 g/mol. The summed E-state index contributed by atoms with van der Waals surface area (Å²) in [6, 6.07) is 6.68. The molecule has 6 heteroatoms. The van der Waals surface area contributed by atoms with Crippen molar-refractivity contribution in [2.24, 2.45) is 11.6 Å². The smallest absolute Gasteiger partial charge is 0.278 e. The molecule has 4 N–H and O–H groups in total. The highest BCUT2D eigenvalue weighted by Gasteiger charge is 2.18. The predicted molar refractivity (Wildman–Crippen MR) is 60.1 cm³/mol. The van der Waals surface area contributed by atoms with E-state index in [-0.39, 0.29) is 5.11 Å². The van der Waals surface area contributed by atoms with Crippen molar-refractivity contribution in [1.29, 1.82) is 0 Å². The molecule has 1 aromatic rings. The highest BCUT2D eigenvalue weighted by molar-refractivity contribution is 7.80. The second kappa shape index (κ2) is 4.72. The van der Waals surface area contributed by atoms with Crippen molar-refractivity contribution in [1.82, 2.24) is 5.01 Å². The normalized spacial score (nSPS) is 9.47. The van der Waals surface area contributed by atoms with Crippen molar-refractivity contribution < 1.29 is 9.53 Å². The highest BCUT2D eigenvalue weighted by Crippen LogP contribution is 2.18. The molecule has 0 aliphatic rings. The van der Waals surface area contributed by atoms with Crippen LogP contribution < -0.4 is 16.3 Å². The van der Waals surface area contributed by atoms with Crippen molar-refractivity contribution in [2.45, 2.75) is 0 Å². The Balaban J connectivity index is 3.05. The number of amides is 1. The summed E-state index contributed by atoms with van der Waals surface area (Å²) < 4.78 is 5.01. The van der Waals surface area contributed by atoms with Gasteiger partial charge in [-0.15, -0.1) is 0 Å². The first-order chi connectivity index (χ1) is 7.07. The Labute approximate surface area is 92.6 Å². The van der Waals surface area contributed by atoms with Crippen molar-refractivity contribution in [3.8, 4) is 5.75 Å². The minimum absolute atomic E-state index is 0.189. The Hall–Kier alpha value is -1.66. The summed E-state index contributed by atoms with van der Waals surface area (Å²) in [4.78, 5) is 11.7. The molecule has 0 radical (unpaired) electrons. The molecule has 0 spiro atoms. The molecule has 0 saturated carbocycles. The maximum atomic E-state index is 11.7. The van der Waals surface area contributed by atoms with Crippen LogP contribution >= 0.6 is 12.2 Å². The van der Waals surface area contributed by atoms with E-state index in [4.69, 9.17) is 16.3 Å². The first kappa shape index (κ1) is 11.4. The SMILES string of the molecule is COc1ccccc1C(=O)N(N)C(N)=S. The van der Waals surface area contributed by atoms with Crippen LogP contribution in [0.15, 0.2) is 24.3 Å². The van der Waals surface area contributed by atoms with E-state index in [1.807, 2.05) is 0 Å². The lowest BCUT2D eigenvalue weighted by Crippen LogP contribution is -2.45. The zero-order valence-corrected chi connectivity index (χ0v) is 8.95. The molecule has 0 heterocycles. The Morgan fingerprint density at radius 3 is 2.60 bits per heavy atom. The number of methoxy groups -OCH3 is 1. The maximum absolute atomic E-state index is 11.7. The van der Waals surface area contributed by atoms with Crippen LogP contribution in [0.4, 0.5) is 0 Å². The van der Waals surface area contributed by atoms with Gasteiger partial charge in [-0.25, -0.2) is 10.9 Å². The third-order valence-corrected chi connectivity index (χ3v) is 1.99. The molecule has 15 heavy (non-hydrogen) atoms. The highest BCUT2D eigenvalue weighted by atomic mass is 32.1. The van der Waals surface area contributed by atoms with E-state index in [1.165, 1.54) is 7.11 Å². The van der Waals surface area contributed by atoms with Gasteiger partial charge in [0.05, 0.1) is 12.7 Å². The monoisotopic (exact) mass is 225 g/mol. The van der Waals surface area contributed by atoms with Gasteiger partial charge in [0.2, 0.25) is 0 Å². The topological polar surface area (TPSA) is 81.6 Å². The fraction of sp³-hybridized carbons (Fsp3) is 0.111. The molecule has 0 atom stereocenters. The number of benzene rings is 1. The molecule has 0 saturated heterocycles. The van der Waals surface area contributed by atoms with Crippen LogP contribution in [0.3, 0.4) is 0 Å². The second-order valence-corrected chi connectivity index (χ2v) is 3.13. The van der Waals surface area contributed by atoms with Crippen LogP contribution in [0, 0.1) is 0 Å². The van der Waals surface area contributed by atoms with E-state index in [1.54, 1.807) is 24.3 Å². The molecule has 0 aliphatic carbocycles. The molecule has 0 fully saturated rings. The van der Waals surface area contributed by atoms with E-state index < -0.39 is 5.91 Å². The largest absolute Gasteiger partial charge is 0.496 e. The molecule has 0 bridgehead atoms. The number of para-hydroxylation sites is 1. The van der Waals surface area contributed by atoms with Gasteiger partial charge >= 0.3 is 0 Å². The Morgan fingerprint density at radius 2 is 2.07 bits per heavy atom. The minimum Gasteiger partial charge on any atom is -0.496 e. The van der Waals surface area contributed by atoms with Crippen molar-refractivity contribution in [2.75, 3.05) is 7.11 Å². The van der Waals surface area contributed by atoms with E-state index in [2.05, 4.69) is 12.2 Å². The van der Waals surface area contributed by atoms with Gasteiger partial charge in [0, 0.05) is 0 Å². The van der Waals surface area contributed by atoms with Gasteiger partial charge in [-0.2, -0.15) is 0 Å². The number of hydrazine groups is 1. The lowest BCUT2D eigenvalue weighted by atomic mass is 10.2. The van der Waals surface area contributed by atoms with Crippen molar-refractivity contribution in [3.05, 3.63) is 29.8 Å². The van der Waals surface area contributed by atoms with E-state index in [0.717, 1.165) is 0 Å². The fourth-order valence-electron chi connectivity index (χ4n) is 1.05. The average Bonchev–Trinajstić information content (AvgIpc) is 2.26. The molecule has 1 rings (SSSR count). The lowest BCUT2D eigenvalue weighted by Gasteiger charge is -2.15. The fourth-order valence-corrected chi connectivity index (χ4v) is 1.13. The van der Waals surface area contributed by atoms with Crippen molar-refractivity contribution in [3.63, 3.8) is 0 Å². The first-order valence-electron chi connectivity index (χ1n) is 4.09. The van der Waals surface area contributed by atoms with Gasteiger partial charge < -0.3 is 10.5 Å². The lowest BCUT2D eigenvalue weighted by molar-refractivity contribution is 0.0845. The second-order valence-electron chi connectivity index (χ2n) is 2.71. The van der Waals surface area contributed by atoms with E-state index in [9.17, 15) is 4.79 Å². The van der Waals surface area contributed by atoms with Crippen LogP contribution in [0.2, 0.25) is 0 Å². The number of nitrogens with zero attached hydrogens (tertiary/aromatic N) is 1. The number of rotatable bonds is 2. The third-order valence-electron chi connectivity index (χ3n) is 1.79. The summed E-state index contributed by atoms with van der Waals surface area (Å²) in [5.74, 6) is 5.30. The van der Waals surface area contributed by atoms with Crippen molar-refractivity contribution >= 4 is 23.2 Å². The zero-order chi connectivity index (χ0) is 11.4. The number of hydrogen-bond acceptors (Lipinski definition) is 4. The number of carbonyl (C=O) groups is 1. The van der Waals surface area contributed by atoms with E-state index in [0.29, 0.717) is 16.3 Å². The van der Waals surface area contributed by atoms with Crippen LogP contribution in [-0.4, -0.2) is 23.1 Å². The Morgan fingerprint density at radius 1 is 1.47 bits per heavy atom. The number of nitrogens with two attached hydrogens (primary N) is 2. The third kappa shape index (κ3) is 2.42. The quantitative estimate of drug-likeness (QED) is 0.326. The number of ether oxygens (including phenoxy) is 1. The van der Waals surface area contributed by atoms with Gasteiger partial charge in [-0.3, -0.25) is 4.79 Å². The zero-order valence-electron chi connectivity index (χ0n) is 8.14.